The molecule has 2 heterocycles. The predicted octanol–water partition coefficient (Wildman–Crippen LogP) is 1.66. The van der Waals surface area contributed by atoms with Gasteiger partial charge in [-0.2, -0.15) is 0 Å². The summed E-state index contributed by atoms with van der Waals surface area (Å²) in [5.41, 5.74) is 13.2. The molecule has 98 heavy (non-hydrogen) atoms. The number of rotatable bonds is 25. The number of nitrogens with one attached hydrogen (secondary N) is 11. The lowest BCUT2D eigenvalue weighted by Crippen LogP contribution is -2.62. The number of fused-ring (bicyclic) bond motifs is 1. The van der Waals surface area contributed by atoms with E-state index in [9.17, 15) is 67.1 Å². The van der Waals surface area contributed by atoms with E-state index >= 15 is 0 Å². The Balaban J connectivity index is 0.0000162. The largest absolute Gasteiger partial charge is 0.370 e. The van der Waals surface area contributed by atoms with Crippen LogP contribution in [-0.2, 0) is 73.5 Å². The first kappa shape index (κ1) is 86.2. The van der Waals surface area contributed by atoms with Gasteiger partial charge >= 0.3 is 0 Å². The Morgan fingerprint density at radius 3 is 1.80 bits per heavy atom. The topological polar surface area (TPSA) is 453 Å². The molecule has 1 aliphatic rings. The summed E-state index contributed by atoms with van der Waals surface area (Å²) < 4.78 is 0. The van der Waals surface area contributed by atoms with Crippen molar-refractivity contribution < 1.29 is 67.1 Å². The molecule has 2 aromatic rings. The summed E-state index contributed by atoms with van der Waals surface area (Å²) in [6.07, 6.45) is 12.9. The van der Waals surface area contributed by atoms with Gasteiger partial charge in [0.1, 0.15) is 29.4 Å². The summed E-state index contributed by atoms with van der Waals surface area (Å²) in [6, 6.07) is -2.56. The number of primary amides is 2. The van der Waals surface area contributed by atoms with E-state index < -0.39 is 141 Å². The smallest absolute Gasteiger partial charge is 0.246 e. The number of allylic oxidation sites excluding steroid dienone is 2. The molecule has 0 aliphatic carbocycles. The first-order chi connectivity index (χ1) is 45.9. The van der Waals surface area contributed by atoms with Crippen LogP contribution in [0.4, 0.5) is 0 Å². The molecule has 3 rings (SSSR count). The molecule has 548 valence electrons. The summed E-state index contributed by atoms with van der Waals surface area (Å²) in [7, 11) is 1.50. The van der Waals surface area contributed by atoms with Crippen molar-refractivity contribution in [3.63, 3.8) is 0 Å². The van der Waals surface area contributed by atoms with Crippen LogP contribution in [-0.4, -0.2) is 180 Å². The summed E-state index contributed by atoms with van der Waals surface area (Å²) in [5, 5.41) is 28.6. The number of benzene rings is 1. The number of Topliss-reactive ketones (excluding diaryl/α,β-unsaturated/α-hetero) is 6. The molecule has 1 aromatic heterocycles. The second-order valence-corrected chi connectivity index (χ2v) is 27.4. The molecule has 3 unspecified atom stereocenters. The van der Waals surface area contributed by atoms with E-state index in [1.807, 2.05) is 44.2 Å². The molecule has 1 aliphatic heterocycles. The van der Waals surface area contributed by atoms with Crippen molar-refractivity contribution >= 4 is 92.9 Å². The van der Waals surface area contributed by atoms with Crippen molar-refractivity contribution in [3.05, 3.63) is 48.2 Å². The van der Waals surface area contributed by atoms with Gasteiger partial charge in [0.25, 0.3) is 0 Å². The number of H-pyrrole nitrogens is 1. The monoisotopic (exact) mass is 1370 g/mol. The number of carbonyl (C=O) groups excluding carboxylic acids is 14. The number of hydrogen-bond acceptors (Lipinski definition) is 19. The highest BCUT2D eigenvalue weighted by atomic mass is 16.2. The number of aromatic amines is 1. The van der Waals surface area contributed by atoms with E-state index in [1.165, 1.54) is 62.4 Å². The van der Waals surface area contributed by atoms with E-state index in [-0.39, 0.29) is 75.8 Å². The fraction of sp³-hybridized carbons (Fsp3) is 0.657. The minimum absolute atomic E-state index is 0.00499. The van der Waals surface area contributed by atoms with Crippen molar-refractivity contribution in [1.82, 2.24) is 58.2 Å². The molecule has 0 saturated heterocycles. The number of para-hydroxylation sites is 1. The Kier molecular flexibility index (Phi) is 37.0. The van der Waals surface area contributed by atoms with E-state index in [0.717, 1.165) is 55.0 Å². The zero-order valence-electron chi connectivity index (χ0n) is 60.2. The zero-order chi connectivity index (χ0) is 74.3. The second kappa shape index (κ2) is 42.1. The van der Waals surface area contributed by atoms with Crippen LogP contribution in [0.3, 0.4) is 0 Å². The minimum atomic E-state index is -1.67. The predicted molar refractivity (Wildman–Crippen MR) is 374 cm³/mol. The van der Waals surface area contributed by atoms with Crippen molar-refractivity contribution in [2.45, 2.75) is 246 Å². The lowest BCUT2D eigenvalue weighted by Gasteiger charge is -2.33. The van der Waals surface area contributed by atoms with Gasteiger partial charge in [-0.1, -0.05) is 76.3 Å². The van der Waals surface area contributed by atoms with E-state index in [4.69, 9.17) is 11.5 Å². The van der Waals surface area contributed by atoms with Crippen molar-refractivity contribution in [2.75, 3.05) is 33.2 Å². The first-order valence-corrected chi connectivity index (χ1v) is 34.3. The van der Waals surface area contributed by atoms with E-state index in [2.05, 4.69) is 70.0 Å². The van der Waals surface area contributed by atoms with Gasteiger partial charge in [0, 0.05) is 36.6 Å². The molecule has 1 aromatic carbocycles. The maximum absolute atomic E-state index is 14.7. The Labute approximate surface area is 577 Å². The van der Waals surface area contributed by atoms with Gasteiger partial charge in [-0.15, -0.1) is 0 Å². The lowest BCUT2D eigenvalue weighted by atomic mass is 9.88. The molecule has 0 saturated carbocycles. The van der Waals surface area contributed by atoms with Crippen LogP contribution in [0, 0.1) is 17.3 Å². The van der Waals surface area contributed by atoms with E-state index in [0.29, 0.717) is 25.7 Å². The van der Waals surface area contributed by atoms with Gasteiger partial charge < -0.3 is 64.7 Å². The van der Waals surface area contributed by atoms with Crippen LogP contribution in [0.1, 0.15) is 185 Å². The van der Waals surface area contributed by atoms with Crippen LogP contribution >= 0.6 is 0 Å². The van der Waals surface area contributed by atoms with Gasteiger partial charge in [-0.3, -0.25) is 77.8 Å². The van der Waals surface area contributed by atoms with Gasteiger partial charge in [0.2, 0.25) is 70.4 Å². The standard InChI is InChI=1S/C69H109N13O14.CH5N/c1-40(2)33-49-37-73-52(29-30-55(70)85)59(89)58(88)44(6)78-64(94)53(34-48-36-72-51-28-24-23-27-50(48)51)74-38-54(84)68(12,76-35-41(3)83)31-25-21-19-17-15-14-16-18-20-22-26-32-69(13,82-63(49)93)66(96)81-47(9)62(92)80-46(8)61(91)79-45(7)60(90)77-43(5)57(87)56(86)42(4)75-39-67(10,11)65(71)95;1-2/h18,20,23-24,27-28,36,40,42-47,49,52-53,72-76H,14-17,19,21-22,25-26,29-35,37-39H2,1-13H3,(H2,70,85)(H2,71,95)(H,77,90)(H,78,94)(H,79,91)(H,80,92)(H,81,96)(H,82,93);2H2,1H3/b20-18+;/t42-,43-,44?,45?,46-,47?,49+,52-,53-,68+,69-;/m0./s1. The summed E-state index contributed by atoms with van der Waals surface area (Å²) in [4.78, 5) is 192. The number of ketones is 6. The van der Waals surface area contributed by atoms with Gasteiger partial charge in [0.15, 0.2) is 5.78 Å². The van der Waals surface area contributed by atoms with Crippen LogP contribution in [0.25, 0.3) is 10.9 Å². The summed E-state index contributed by atoms with van der Waals surface area (Å²) in [6.45, 7) is 19.1. The third-order valence-corrected chi connectivity index (χ3v) is 17.6. The maximum Gasteiger partial charge on any atom is 0.246 e. The Hall–Kier alpha value is -7.92. The normalized spacial score (nSPS) is 23.1. The SMILES string of the molecule is CC(=O)CN[C@]1(C)CCCCCCCC/C=C/CCC[C@@](C)(C(=O)NC(C)C(=O)N[C@@H](C)C(=O)NC(C)C(=O)N[C@@H](C)C(=O)C(=O)[C@H](C)NCC(C)(C)C(N)=O)NC(=O)[C@H](CC(C)C)CN[C@@H](CCC(N)=O)C(=O)C(=O)C(C)NC(=O)[C@H](Cc2c[nH]c3ccccc23)NCC1=O.CN. The fourth-order valence-electron chi connectivity index (χ4n) is 10.9. The molecule has 0 fully saturated rings. The molecule has 28 nitrogen and oxygen atoms in total. The van der Waals surface area contributed by atoms with Gasteiger partial charge in [-0.05, 0) is 159 Å². The minimum Gasteiger partial charge on any atom is -0.370 e. The molecule has 0 spiro atoms. The molecule has 0 radical (unpaired) electrons. The molecule has 17 N–H and O–H groups in total. The summed E-state index contributed by atoms with van der Waals surface area (Å²) in [5.74, 6) is -11.2. The molecule has 11 atom stereocenters. The Bertz CT molecular complexity index is 3110. The maximum atomic E-state index is 14.7. The highest BCUT2D eigenvalue weighted by Crippen LogP contribution is 2.23. The molecular formula is C70H114N14O14. The number of carbonyl (C=O) groups is 14. The zero-order valence-corrected chi connectivity index (χ0v) is 60.2. The first-order valence-electron chi connectivity index (χ1n) is 34.3. The van der Waals surface area contributed by atoms with E-state index in [1.54, 1.807) is 27.0 Å². The number of nitrogens with two attached hydrogens (primary N) is 3. The molecule has 28 heteroatoms. The van der Waals surface area contributed by atoms with Crippen LogP contribution < -0.4 is 70.4 Å². The Morgan fingerprint density at radius 2 is 1.21 bits per heavy atom. The van der Waals surface area contributed by atoms with Crippen molar-refractivity contribution in [1.29, 1.82) is 0 Å². The molecule has 0 bridgehead atoms. The van der Waals surface area contributed by atoms with Crippen LogP contribution in [0.2, 0.25) is 0 Å². The number of aromatic nitrogens is 1. The third kappa shape index (κ3) is 28.9. The van der Waals surface area contributed by atoms with Crippen molar-refractivity contribution in [3.8, 4) is 0 Å². The van der Waals surface area contributed by atoms with Crippen molar-refractivity contribution in [2.24, 2.45) is 34.5 Å². The Morgan fingerprint density at radius 1 is 0.663 bits per heavy atom. The average Bonchev–Trinajstić information content (AvgIpc) is 1.44. The third-order valence-electron chi connectivity index (χ3n) is 17.6. The fourth-order valence-corrected chi connectivity index (χ4v) is 10.9. The average molecular weight is 1380 g/mol. The highest BCUT2D eigenvalue weighted by Gasteiger charge is 2.40. The van der Waals surface area contributed by atoms with Gasteiger partial charge in [-0.25, -0.2) is 0 Å². The highest BCUT2D eigenvalue weighted by molar-refractivity contribution is 6.41. The van der Waals surface area contributed by atoms with Crippen LogP contribution in [0.15, 0.2) is 42.6 Å². The lowest BCUT2D eigenvalue weighted by molar-refractivity contribution is -0.140. The second-order valence-electron chi connectivity index (χ2n) is 27.4. The number of amides is 8. The van der Waals surface area contributed by atoms with Gasteiger partial charge in [0.05, 0.1) is 60.2 Å². The van der Waals surface area contributed by atoms with Crippen LogP contribution in [0.5, 0.6) is 0 Å². The summed E-state index contributed by atoms with van der Waals surface area (Å²) >= 11 is 0. The quantitative estimate of drug-likeness (QED) is 0.0496. The number of hydrogen-bond donors (Lipinski definition) is 14. The molecule has 8 amide bonds. The molecular weight excluding hydrogens is 1260 g/mol.